The molecule has 11 heteroatoms. The second-order valence-electron chi connectivity index (χ2n) is 5.23. The van der Waals surface area contributed by atoms with Crippen LogP contribution in [0.2, 0.25) is 0 Å². The maximum atomic E-state index is 11.8. The first kappa shape index (κ1) is 17.5. The van der Waals surface area contributed by atoms with Crippen molar-refractivity contribution in [3.8, 4) is 0 Å². The van der Waals surface area contributed by atoms with E-state index in [1.807, 2.05) is 6.92 Å². The number of nitrogens with two attached hydrogens (primary N) is 1. The molecule has 1 fully saturated rings. The zero-order chi connectivity index (χ0) is 17.0. The molecule has 1 aliphatic heterocycles. The number of carbonyl (C=O) groups excluding carboxylic acids is 1. The summed E-state index contributed by atoms with van der Waals surface area (Å²) in [5.41, 5.74) is 3.89. The smallest absolute Gasteiger partial charge is 0.368 e. The van der Waals surface area contributed by atoms with Gasteiger partial charge in [0.15, 0.2) is 0 Å². The molecule has 0 aromatic carbocycles. The average Bonchev–Trinajstić information content (AvgIpc) is 2.84. The number of aromatic amines is 1. The van der Waals surface area contributed by atoms with Crippen molar-refractivity contribution in [3.63, 3.8) is 0 Å². The first-order valence-corrected chi connectivity index (χ1v) is 8.13. The van der Waals surface area contributed by atoms with Gasteiger partial charge in [-0.3, -0.25) is 19.1 Å². The van der Waals surface area contributed by atoms with Crippen LogP contribution in [0.15, 0.2) is 21.9 Å². The Morgan fingerprint density at radius 2 is 2.35 bits per heavy atom. The molecule has 2 rings (SSSR count). The van der Waals surface area contributed by atoms with Crippen molar-refractivity contribution in [2.24, 2.45) is 11.7 Å². The van der Waals surface area contributed by atoms with Crippen LogP contribution in [0.1, 0.15) is 19.6 Å². The summed E-state index contributed by atoms with van der Waals surface area (Å²) < 4.78 is 23.6. The van der Waals surface area contributed by atoms with Gasteiger partial charge in [-0.25, -0.2) is 4.79 Å². The summed E-state index contributed by atoms with van der Waals surface area (Å²) in [5.74, 6) is -0.635. The van der Waals surface area contributed by atoms with Gasteiger partial charge in [0.05, 0.1) is 6.10 Å². The monoisotopic (exact) mass is 345 g/mol. The van der Waals surface area contributed by atoms with Crippen LogP contribution >= 0.6 is 8.18 Å². The largest absolute Gasteiger partial charge is 0.613 e. The van der Waals surface area contributed by atoms with Crippen molar-refractivity contribution in [1.82, 2.24) is 14.6 Å². The van der Waals surface area contributed by atoms with E-state index in [1.165, 1.54) is 16.8 Å². The molecule has 1 aromatic heterocycles. The van der Waals surface area contributed by atoms with Crippen molar-refractivity contribution in [2.75, 3.05) is 13.2 Å². The highest BCUT2D eigenvalue weighted by Gasteiger charge is 2.36. The number of hydrogen-bond acceptors (Lipinski definition) is 6. The summed E-state index contributed by atoms with van der Waals surface area (Å²) >= 11 is 0. The number of primary amides is 1. The van der Waals surface area contributed by atoms with E-state index < -0.39 is 31.6 Å². The molecule has 0 spiro atoms. The van der Waals surface area contributed by atoms with Crippen LogP contribution < -0.4 is 22.1 Å². The van der Waals surface area contributed by atoms with Crippen LogP contribution in [0.25, 0.3) is 0 Å². The van der Waals surface area contributed by atoms with Gasteiger partial charge in [0, 0.05) is 18.2 Å². The lowest BCUT2D eigenvalue weighted by atomic mass is 10.1. The summed E-state index contributed by atoms with van der Waals surface area (Å²) in [6, 6.07) is 1.24. The summed E-state index contributed by atoms with van der Waals surface area (Å²) in [7, 11) is -2.22. The van der Waals surface area contributed by atoms with Gasteiger partial charge >= 0.3 is 13.9 Å². The molecule has 10 nitrogen and oxygen atoms in total. The van der Waals surface area contributed by atoms with E-state index in [0.29, 0.717) is 6.42 Å². The van der Waals surface area contributed by atoms with Gasteiger partial charge < -0.3 is 10.5 Å². The first-order valence-electron chi connectivity index (χ1n) is 6.95. The highest BCUT2D eigenvalue weighted by molar-refractivity contribution is 7.36. The van der Waals surface area contributed by atoms with Crippen molar-refractivity contribution < 1.29 is 18.6 Å². The second-order valence-corrected chi connectivity index (χ2v) is 6.32. The van der Waals surface area contributed by atoms with Crippen LogP contribution in [0.4, 0.5) is 0 Å². The van der Waals surface area contributed by atoms with Gasteiger partial charge in [-0.1, -0.05) is 12.0 Å². The Bertz CT molecular complexity index is 701. The lowest BCUT2D eigenvalue weighted by molar-refractivity contribution is -0.116. The number of carbonyl (C=O) groups is 1. The zero-order valence-corrected chi connectivity index (χ0v) is 13.3. The highest BCUT2D eigenvalue weighted by Crippen LogP contribution is 2.34. The Morgan fingerprint density at radius 3 is 3.00 bits per heavy atom. The minimum Gasteiger partial charge on any atom is -0.368 e. The van der Waals surface area contributed by atoms with E-state index in [1.54, 1.807) is 0 Å². The summed E-state index contributed by atoms with van der Waals surface area (Å²) in [6.45, 7) is 1.69. The molecular weight excluding hydrogens is 327 g/mol. The Morgan fingerprint density at radius 1 is 1.61 bits per heavy atom. The zero-order valence-electron chi connectivity index (χ0n) is 12.4. The van der Waals surface area contributed by atoms with Gasteiger partial charge in [0.1, 0.15) is 19.4 Å². The Kier molecular flexibility index (Phi) is 5.78. The fourth-order valence-corrected chi connectivity index (χ4v) is 3.01. The minimum atomic E-state index is -2.22. The molecule has 126 valence electrons. The molecule has 4 N–H and O–H groups in total. The maximum Gasteiger partial charge on any atom is 0.613 e. The standard InChI is InChI=1S/C12H17N4O6P/c1-7-4-8(6-21-23(20)14-5-9(13)17)22-11(7)16-3-2-10(18)15-12(16)19/h2-3,7-8,11H,4-6H2,1H3,(H3-,13,14,15,17,18,19,20)/p+1. The van der Waals surface area contributed by atoms with Crippen LogP contribution in [0.5, 0.6) is 0 Å². The van der Waals surface area contributed by atoms with Crippen LogP contribution in [0.3, 0.4) is 0 Å². The quantitative estimate of drug-likeness (QED) is 0.549. The lowest BCUT2D eigenvalue weighted by Gasteiger charge is -2.17. The number of hydrogen-bond donors (Lipinski definition) is 3. The molecule has 4 atom stereocenters. The molecule has 1 saturated heterocycles. The maximum absolute atomic E-state index is 11.8. The predicted octanol–water partition coefficient (Wildman–Crippen LogP) is -0.791. The van der Waals surface area contributed by atoms with Gasteiger partial charge in [-0.2, -0.15) is 0 Å². The topological polar surface area (TPSA) is 146 Å². The first-order chi connectivity index (χ1) is 10.9. The lowest BCUT2D eigenvalue weighted by Crippen LogP contribution is -2.33. The molecule has 1 aliphatic rings. The third kappa shape index (κ3) is 4.80. The van der Waals surface area contributed by atoms with E-state index in [9.17, 15) is 18.9 Å². The Hall–Kier alpha value is -1.87. The minimum absolute atomic E-state index is 0.00339. The molecule has 0 saturated carbocycles. The molecular formula is C12H18N4O6P+. The Balaban J connectivity index is 1.91. The molecule has 0 aliphatic carbocycles. The third-order valence-corrected chi connectivity index (χ3v) is 4.14. The number of ether oxygens (including phenoxy) is 1. The number of amides is 1. The fourth-order valence-electron chi connectivity index (χ4n) is 2.33. The summed E-state index contributed by atoms with van der Waals surface area (Å²) in [5, 5.41) is 2.34. The molecule has 2 heterocycles. The van der Waals surface area contributed by atoms with Crippen molar-refractivity contribution in [2.45, 2.75) is 25.7 Å². The van der Waals surface area contributed by atoms with E-state index >= 15 is 0 Å². The molecule has 0 radical (unpaired) electrons. The second kappa shape index (κ2) is 7.60. The predicted molar refractivity (Wildman–Crippen MR) is 79.8 cm³/mol. The Labute approximate surface area is 131 Å². The fraction of sp³-hybridized carbons (Fsp3) is 0.583. The average molecular weight is 345 g/mol. The van der Waals surface area contributed by atoms with E-state index in [4.69, 9.17) is 15.0 Å². The van der Waals surface area contributed by atoms with Gasteiger partial charge in [-0.05, 0) is 11.0 Å². The van der Waals surface area contributed by atoms with Gasteiger partial charge in [-0.15, -0.1) is 4.52 Å². The van der Waals surface area contributed by atoms with Gasteiger partial charge in [0.25, 0.3) is 5.56 Å². The number of H-pyrrole nitrogens is 1. The van der Waals surface area contributed by atoms with Crippen LogP contribution in [0, 0.1) is 5.92 Å². The SMILES string of the molecule is CC1CC(CO[P+](=O)NCC(N)=O)OC1n1ccc(=O)[nH]c1=O. The number of aromatic nitrogens is 2. The number of nitrogens with zero attached hydrogens (tertiary/aromatic N) is 1. The van der Waals surface area contributed by atoms with Crippen LogP contribution in [-0.2, 0) is 18.6 Å². The van der Waals surface area contributed by atoms with E-state index in [0.717, 1.165) is 0 Å². The molecule has 1 aromatic rings. The number of nitrogens with one attached hydrogen (secondary N) is 2. The van der Waals surface area contributed by atoms with Crippen LogP contribution in [-0.4, -0.2) is 34.7 Å². The third-order valence-electron chi connectivity index (χ3n) is 3.34. The van der Waals surface area contributed by atoms with Crippen molar-refractivity contribution in [1.29, 1.82) is 0 Å². The molecule has 4 unspecified atom stereocenters. The molecule has 1 amide bonds. The van der Waals surface area contributed by atoms with Gasteiger partial charge in [0.2, 0.25) is 5.91 Å². The highest BCUT2D eigenvalue weighted by atomic mass is 31.1. The molecule has 23 heavy (non-hydrogen) atoms. The summed E-state index contributed by atoms with van der Waals surface area (Å²) in [4.78, 5) is 35.6. The van der Waals surface area contributed by atoms with Crippen molar-refractivity contribution in [3.05, 3.63) is 33.1 Å². The van der Waals surface area contributed by atoms with Crippen molar-refractivity contribution >= 4 is 14.1 Å². The normalized spacial score (nSPS) is 24.6. The van der Waals surface area contributed by atoms with E-state index in [2.05, 4.69) is 10.1 Å². The van der Waals surface area contributed by atoms with E-state index in [-0.39, 0.29) is 25.2 Å². The summed E-state index contributed by atoms with van der Waals surface area (Å²) in [6.07, 6.45) is 1.07. The molecule has 0 bridgehead atoms. The number of rotatable bonds is 7.